The molecule has 6 nitrogen and oxygen atoms in total. The van der Waals surface area contributed by atoms with Crippen LogP contribution in [0.25, 0.3) is 0 Å². The van der Waals surface area contributed by atoms with Crippen molar-refractivity contribution in [2.45, 2.75) is 70.1 Å². The van der Waals surface area contributed by atoms with Crippen molar-refractivity contribution in [2.75, 3.05) is 19.4 Å². The van der Waals surface area contributed by atoms with Crippen LogP contribution in [0.5, 0.6) is 0 Å². The van der Waals surface area contributed by atoms with Crippen LogP contribution in [0, 0.1) is 5.92 Å². The third-order valence-corrected chi connectivity index (χ3v) is 5.86. The van der Waals surface area contributed by atoms with Crippen LogP contribution in [0.1, 0.15) is 45.4 Å². The highest BCUT2D eigenvalue weighted by Gasteiger charge is 2.36. The van der Waals surface area contributed by atoms with Crippen molar-refractivity contribution in [3.63, 3.8) is 0 Å². The molecule has 1 heterocycles. The van der Waals surface area contributed by atoms with E-state index in [1.165, 1.54) is 6.92 Å². The Morgan fingerprint density at radius 2 is 1.88 bits per heavy atom. The second-order valence-electron chi connectivity index (χ2n) is 7.12. The first-order valence-corrected chi connectivity index (χ1v) is 10.7. The fourth-order valence-electron chi connectivity index (χ4n) is 3.81. The van der Waals surface area contributed by atoms with Crippen molar-refractivity contribution in [3.05, 3.63) is 0 Å². The molecule has 9 heteroatoms. The third-order valence-electron chi connectivity index (χ3n) is 5.13. The lowest BCUT2D eigenvalue weighted by molar-refractivity contribution is -0.136. The zero-order chi connectivity index (χ0) is 18.6. The number of sulfonamides is 1. The van der Waals surface area contributed by atoms with Crippen molar-refractivity contribution in [2.24, 2.45) is 5.92 Å². The molecular weight excluding hydrogens is 354 g/mol. The molecule has 2 unspecified atom stereocenters. The summed E-state index contributed by atoms with van der Waals surface area (Å²) in [7, 11) is -3.39. The molecule has 1 aliphatic carbocycles. The molecule has 1 amide bonds. The van der Waals surface area contributed by atoms with Gasteiger partial charge in [0.05, 0.1) is 25.0 Å². The van der Waals surface area contributed by atoms with Gasteiger partial charge in [-0.25, -0.2) is 21.9 Å². The van der Waals surface area contributed by atoms with E-state index in [2.05, 4.69) is 4.72 Å². The van der Waals surface area contributed by atoms with Gasteiger partial charge in [0.25, 0.3) is 0 Å². The van der Waals surface area contributed by atoms with Crippen LogP contribution in [-0.2, 0) is 19.6 Å². The molecule has 0 radical (unpaired) electrons. The lowest BCUT2D eigenvalue weighted by Gasteiger charge is -2.41. The number of piperidine rings is 1. The minimum absolute atomic E-state index is 0.107. The number of hydrogen-bond donors (Lipinski definition) is 1. The molecule has 2 aliphatic rings. The number of amides is 1. The molecular formula is C16H28F2N2O4S. The molecule has 1 saturated heterocycles. The Balaban J connectivity index is 1.95. The van der Waals surface area contributed by atoms with Crippen LogP contribution in [0.15, 0.2) is 0 Å². The van der Waals surface area contributed by atoms with Crippen molar-refractivity contribution in [1.82, 2.24) is 9.62 Å². The van der Waals surface area contributed by atoms with Gasteiger partial charge in [-0.15, -0.1) is 0 Å². The molecule has 1 N–H and O–H groups in total. The van der Waals surface area contributed by atoms with Gasteiger partial charge in [-0.05, 0) is 38.5 Å². The zero-order valence-electron chi connectivity index (χ0n) is 14.8. The molecule has 146 valence electrons. The van der Waals surface area contributed by atoms with Crippen LogP contribution in [-0.4, -0.2) is 63.2 Å². The number of nitrogens with one attached hydrogen (secondary N) is 1. The van der Waals surface area contributed by atoms with Gasteiger partial charge in [-0.1, -0.05) is 0 Å². The van der Waals surface area contributed by atoms with E-state index >= 15 is 0 Å². The number of carbonyl (C=O) groups is 1. The molecule has 0 aromatic rings. The van der Waals surface area contributed by atoms with Gasteiger partial charge in [0.2, 0.25) is 22.4 Å². The summed E-state index contributed by atoms with van der Waals surface area (Å²) in [6, 6.07) is -0.751. The second kappa shape index (κ2) is 8.73. The summed E-state index contributed by atoms with van der Waals surface area (Å²) in [5.41, 5.74) is 0. The number of likely N-dealkylation sites (tertiary alicyclic amines) is 1. The van der Waals surface area contributed by atoms with E-state index in [9.17, 15) is 22.0 Å². The summed E-state index contributed by atoms with van der Waals surface area (Å²) in [4.78, 5) is 13.5. The van der Waals surface area contributed by atoms with E-state index in [4.69, 9.17) is 4.74 Å². The van der Waals surface area contributed by atoms with E-state index in [0.717, 1.165) is 12.7 Å². The Morgan fingerprint density at radius 1 is 1.24 bits per heavy atom. The van der Waals surface area contributed by atoms with E-state index in [0.29, 0.717) is 38.6 Å². The molecule has 0 aromatic heterocycles. The van der Waals surface area contributed by atoms with E-state index < -0.39 is 22.4 Å². The number of alkyl halides is 2. The summed E-state index contributed by atoms with van der Waals surface area (Å²) >= 11 is 0. The molecule has 1 saturated carbocycles. The molecule has 2 atom stereocenters. The molecule has 2 rings (SSSR count). The Hall–Kier alpha value is -0.800. The maximum atomic E-state index is 12.7. The first-order chi connectivity index (χ1) is 11.7. The Morgan fingerprint density at radius 3 is 2.40 bits per heavy atom. The predicted molar refractivity (Wildman–Crippen MR) is 89.9 cm³/mol. The smallest absolute Gasteiger partial charge is 0.241 e. The minimum Gasteiger partial charge on any atom is -0.376 e. The minimum atomic E-state index is -3.39. The van der Waals surface area contributed by atoms with Gasteiger partial charge in [0.15, 0.2) is 0 Å². The topological polar surface area (TPSA) is 75.7 Å². The van der Waals surface area contributed by atoms with Crippen LogP contribution < -0.4 is 4.72 Å². The number of rotatable bonds is 6. The lowest BCUT2D eigenvalue weighted by atomic mass is 9.87. The summed E-state index contributed by atoms with van der Waals surface area (Å²) < 4.78 is 57.2. The van der Waals surface area contributed by atoms with Gasteiger partial charge in [-0.2, -0.15) is 0 Å². The fourth-order valence-corrected chi connectivity index (χ4v) is 4.63. The average molecular weight is 382 g/mol. The molecule has 1 aliphatic heterocycles. The van der Waals surface area contributed by atoms with Gasteiger partial charge < -0.3 is 9.64 Å². The van der Waals surface area contributed by atoms with Gasteiger partial charge >= 0.3 is 0 Å². The van der Waals surface area contributed by atoms with Crippen molar-refractivity contribution in [3.8, 4) is 0 Å². The highest BCUT2D eigenvalue weighted by molar-refractivity contribution is 7.88. The Bertz CT molecular complexity index is 550. The molecule has 25 heavy (non-hydrogen) atoms. The first kappa shape index (κ1) is 20.5. The van der Waals surface area contributed by atoms with E-state index in [-0.39, 0.29) is 30.7 Å². The normalized spacial score (nSPS) is 31.3. The summed E-state index contributed by atoms with van der Waals surface area (Å²) in [6.45, 7) is 2.25. The predicted octanol–water partition coefficient (Wildman–Crippen LogP) is 1.76. The highest BCUT2D eigenvalue weighted by Crippen LogP contribution is 2.31. The highest BCUT2D eigenvalue weighted by atomic mass is 32.2. The number of nitrogens with zero attached hydrogens (tertiary/aromatic N) is 1. The molecule has 0 aromatic carbocycles. The van der Waals surface area contributed by atoms with Gasteiger partial charge in [-0.3, -0.25) is 4.79 Å². The van der Waals surface area contributed by atoms with Crippen LogP contribution >= 0.6 is 0 Å². The molecule has 2 fully saturated rings. The van der Waals surface area contributed by atoms with Crippen LogP contribution in [0.2, 0.25) is 0 Å². The molecule has 0 bridgehead atoms. The summed E-state index contributed by atoms with van der Waals surface area (Å²) in [5, 5.41) is 0. The zero-order valence-corrected chi connectivity index (χ0v) is 15.6. The maximum Gasteiger partial charge on any atom is 0.241 e. The van der Waals surface area contributed by atoms with Crippen LogP contribution in [0.3, 0.4) is 0 Å². The van der Waals surface area contributed by atoms with Gasteiger partial charge in [0.1, 0.15) is 0 Å². The summed E-state index contributed by atoms with van der Waals surface area (Å²) in [6.07, 6.45) is 2.11. The van der Waals surface area contributed by atoms with Crippen molar-refractivity contribution in [1.29, 1.82) is 0 Å². The number of carbonyl (C=O) groups excluding carboxylic acids is 1. The second-order valence-corrected chi connectivity index (χ2v) is 8.90. The quantitative estimate of drug-likeness (QED) is 0.759. The first-order valence-electron chi connectivity index (χ1n) is 8.81. The summed E-state index contributed by atoms with van der Waals surface area (Å²) in [5.74, 6) is -0.669. The fraction of sp³-hybridized carbons (Fsp3) is 0.938. The van der Waals surface area contributed by atoms with E-state index in [1.807, 2.05) is 0 Å². The SMILES string of the molecule is CC(=O)N1CCCC(NS(C)(=O)=O)C1COC1CCC(C(F)F)CC1. The standard InChI is InChI=1S/C16H28F2N2O4S/c1-11(21)20-9-3-4-14(19-25(2,22)23)15(20)10-24-13-7-5-12(6-8-13)16(17)18/h12-16,19H,3-10H2,1-2H3. The monoisotopic (exact) mass is 382 g/mol. The van der Waals surface area contributed by atoms with Gasteiger partial charge in [0, 0.05) is 25.4 Å². The Labute approximate surface area is 148 Å². The third kappa shape index (κ3) is 6.14. The number of hydrogen-bond acceptors (Lipinski definition) is 4. The number of ether oxygens (including phenoxy) is 1. The average Bonchev–Trinajstić information content (AvgIpc) is 2.52. The molecule has 0 spiro atoms. The van der Waals surface area contributed by atoms with E-state index in [1.54, 1.807) is 4.90 Å². The maximum absolute atomic E-state index is 12.7. The Kier molecular flexibility index (Phi) is 7.16. The lowest BCUT2D eigenvalue weighted by Crippen LogP contribution is -2.58. The van der Waals surface area contributed by atoms with Crippen molar-refractivity contribution < 1.29 is 26.7 Å². The largest absolute Gasteiger partial charge is 0.376 e. The van der Waals surface area contributed by atoms with Crippen molar-refractivity contribution >= 4 is 15.9 Å². The number of halogens is 2. The van der Waals surface area contributed by atoms with Crippen LogP contribution in [0.4, 0.5) is 8.78 Å².